The molecule has 11 heteroatoms. The van der Waals surface area contributed by atoms with Crippen LogP contribution in [0.4, 0.5) is 26.0 Å². The molecule has 0 atom stereocenters. The van der Waals surface area contributed by atoms with Crippen LogP contribution in [-0.4, -0.2) is 36.9 Å². The molecule has 33 heavy (non-hydrogen) atoms. The lowest BCUT2D eigenvalue weighted by molar-refractivity contribution is -0.116. The van der Waals surface area contributed by atoms with Gasteiger partial charge < -0.3 is 20.5 Å². The van der Waals surface area contributed by atoms with E-state index >= 15 is 0 Å². The number of fused-ring (bicyclic) bond motifs is 1. The summed E-state index contributed by atoms with van der Waals surface area (Å²) in [6.45, 7) is 3.49. The van der Waals surface area contributed by atoms with E-state index < -0.39 is 17.5 Å². The fraction of sp³-hybridized carbons (Fsp3) is 0.182. The molecule has 0 saturated heterocycles. The number of nitrogens with one attached hydrogen (secondary N) is 2. The Balaban J connectivity index is 1.53. The Hall–Kier alpha value is -4.28. The Morgan fingerprint density at radius 1 is 1.24 bits per heavy atom. The van der Waals surface area contributed by atoms with Gasteiger partial charge in [0, 0.05) is 18.3 Å². The second-order valence-corrected chi connectivity index (χ2v) is 7.43. The predicted molar refractivity (Wildman–Crippen MR) is 117 cm³/mol. The Kier molecular flexibility index (Phi) is 6.03. The zero-order valence-corrected chi connectivity index (χ0v) is 17.7. The Labute approximate surface area is 187 Å². The number of anilines is 3. The molecule has 9 nitrogen and oxygen atoms in total. The van der Waals surface area contributed by atoms with Crippen LogP contribution in [0, 0.1) is 11.6 Å². The number of carbonyl (C=O) groups excluding carboxylic acids is 1. The fourth-order valence-electron chi connectivity index (χ4n) is 3.17. The van der Waals surface area contributed by atoms with Gasteiger partial charge in [-0.15, -0.1) is 0 Å². The van der Waals surface area contributed by atoms with Gasteiger partial charge in [0.25, 0.3) is 0 Å². The number of benzene rings is 2. The molecule has 0 unspecified atom stereocenters. The number of phenolic OH excluding ortho intramolecular Hbond substituents is 1. The van der Waals surface area contributed by atoms with Crippen LogP contribution >= 0.6 is 0 Å². The number of phenols is 1. The van der Waals surface area contributed by atoms with E-state index in [1.807, 2.05) is 13.8 Å². The number of halogens is 2. The van der Waals surface area contributed by atoms with Crippen LogP contribution in [0.15, 0.2) is 49.1 Å². The SMILES string of the molecule is CC(C)Oc1cc(O)cc2ncnc(Nc3cnn(CC(=O)Nc4cccc(F)c4F)c3)c12. The third-order valence-electron chi connectivity index (χ3n) is 4.48. The summed E-state index contributed by atoms with van der Waals surface area (Å²) in [5.41, 5.74) is 0.745. The summed E-state index contributed by atoms with van der Waals surface area (Å²) >= 11 is 0. The molecule has 4 aromatic rings. The van der Waals surface area contributed by atoms with E-state index in [9.17, 15) is 18.7 Å². The van der Waals surface area contributed by atoms with E-state index in [-0.39, 0.29) is 24.1 Å². The van der Waals surface area contributed by atoms with E-state index in [2.05, 4.69) is 25.7 Å². The highest BCUT2D eigenvalue weighted by molar-refractivity contribution is 5.96. The fourth-order valence-corrected chi connectivity index (χ4v) is 3.17. The van der Waals surface area contributed by atoms with Crippen LogP contribution in [0.2, 0.25) is 0 Å². The summed E-state index contributed by atoms with van der Waals surface area (Å²) < 4.78 is 34.2. The van der Waals surface area contributed by atoms with Crippen molar-refractivity contribution >= 4 is 34.0 Å². The lowest BCUT2D eigenvalue weighted by Gasteiger charge is -2.15. The number of hydrogen-bond acceptors (Lipinski definition) is 7. The molecule has 170 valence electrons. The van der Waals surface area contributed by atoms with Crippen LogP contribution < -0.4 is 15.4 Å². The summed E-state index contributed by atoms with van der Waals surface area (Å²) in [4.78, 5) is 20.7. The molecular formula is C22H20F2N6O3. The van der Waals surface area contributed by atoms with Crippen molar-refractivity contribution < 1.29 is 23.4 Å². The highest BCUT2D eigenvalue weighted by Crippen LogP contribution is 2.35. The van der Waals surface area contributed by atoms with Crippen LogP contribution in [0.5, 0.6) is 11.5 Å². The van der Waals surface area contributed by atoms with Gasteiger partial charge in [-0.2, -0.15) is 5.10 Å². The zero-order valence-electron chi connectivity index (χ0n) is 17.7. The van der Waals surface area contributed by atoms with Gasteiger partial charge in [0.2, 0.25) is 5.91 Å². The average Bonchev–Trinajstić information content (AvgIpc) is 3.17. The van der Waals surface area contributed by atoms with Gasteiger partial charge in [-0.1, -0.05) is 6.07 Å². The first-order valence-electron chi connectivity index (χ1n) is 9.98. The number of rotatable bonds is 7. The van der Waals surface area contributed by atoms with Crippen molar-refractivity contribution in [2.24, 2.45) is 0 Å². The van der Waals surface area contributed by atoms with E-state index in [1.54, 1.807) is 6.20 Å². The van der Waals surface area contributed by atoms with E-state index in [4.69, 9.17) is 4.74 Å². The molecule has 4 rings (SSSR count). The van der Waals surface area contributed by atoms with Crippen molar-refractivity contribution in [2.45, 2.75) is 26.5 Å². The van der Waals surface area contributed by atoms with Crippen LogP contribution in [0.25, 0.3) is 10.9 Å². The molecule has 0 saturated carbocycles. The molecule has 0 aliphatic rings. The molecule has 2 aromatic carbocycles. The maximum Gasteiger partial charge on any atom is 0.246 e. The molecule has 0 radical (unpaired) electrons. The molecule has 2 heterocycles. The van der Waals surface area contributed by atoms with E-state index in [0.29, 0.717) is 28.2 Å². The van der Waals surface area contributed by atoms with Gasteiger partial charge in [0.05, 0.1) is 34.6 Å². The summed E-state index contributed by atoms with van der Waals surface area (Å²) in [6.07, 6.45) is 4.23. The molecule has 0 bridgehead atoms. The quantitative estimate of drug-likeness (QED) is 0.387. The summed E-state index contributed by atoms with van der Waals surface area (Å²) in [5.74, 6) is -1.92. The van der Waals surface area contributed by atoms with Crippen LogP contribution in [-0.2, 0) is 11.3 Å². The second-order valence-electron chi connectivity index (χ2n) is 7.43. The predicted octanol–water partition coefficient (Wildman–Crippen LogP) is 3.98. The first kappa shape index (κ1) is 21.9. The molecule has 0 fully saturated rings. The minimum Gasteiger partial charge on any atom is -0.508 e. The monoisotopic (exact) mass is 454 g/mol. The number of amides is 1. The second kappa shape index (κ2) is 9.07. The molecule has 0 aliphatic carbocycles. The van der Waals surface area contributed by atoms with Crippen molar-refractivity contribution in [3.05, 3.63) is 60.7 Å². The van der Waals surface area contributed by atoms with Crippen molar-refractivity contribution in [1.29, 1.82) is 0 Å². The third-order valence-corrected chi connectivity index (χ3v) is 4.48. The number of carbonyl (C=O) groups is 1. The minimum absolute atomic E-state index is 0.0105. The van der Waals surface area contributed by atoms with Crippen LogP contribution in [0.1, 0.15) is 13.8 Å². The summed E-state index contributed by atoms with van der Waals surface area (Å²) in [7, 11) is 0. The van der Waals surface area contributed by atoms with E-state index in [0.717, 1.165) is 6.07 Å². The van der Waals surface area contributed by atoms with Crippen molar-refractivity contribution in [3.63, 3.8) is 0 Å². The molecule has 1 amide bonds. The zero-order chi connectivity index (χ0) is 23.5. The van der Waals surface area contributed by atoms with Gasteiger partial charge in [0.15, 0.2) is 11.6 Å². The van der Waals surface area contributed by atoms with Gasteiger partial charge in [0.1, 0.15) is 30.2 Å². The van der Waals surface area contributed by atoms with Crippen LogP contribution in [0.3, 0.4) is 0 Å². The number of hydrogen-bond donors (Lipinski definition) is 3. The van der Waals surface area contributed by atoms with Gasteiger partial charge in [-0.3, -0.25) is 9.48 Å². The Morgan fingerprint density at radius 3 is 2.85 bits per heavy atom. The average molecular weight is 454 g/mol. The Morgan fingerprint density at radius 2 is 2.06 bits per heavy atom. The summed E-state index contributed by atoms with van der Waals surface area (Å²) in [5, 5.41) is 20.1. The molecule has 0 aliphatic heterocycles. The smallest absolute Gasteiger partial charge is 0.246 e. The van der Waals surface area contributed by atoms with Crippen molar-refractivity contribution in [2.75, 3.05) is 10.6 Å². The third kappa shape index (κ3) is 4.97. The van der Waals surface area contributed by atoms with Crippen molar-refractivity contribution in [1.82, 2.24) is 19.7 Å². The minimum atomic E-state index is -1.13. The standard InChI is InChI=1S/C22H20F2N6O3/c1-12(2)33-18-7-14(31)6-17-20(18)22(26-11-25-17)28-13-8-27-30(9-13)10-19(32)29-16-5-3-4-15(23)21(16)24/h3-9,11-12,31H,10H2,1-2H3,(H,29,32)(H,25,26,28). The number of aromatic hydroxyl groups is 1. The number of aromatic nitrogens is 4. The summed E-state index contributed by atoms with van der Waals surface area (Å²) in [6, 6.07) is 6.51. The maximum absolute atomic E-state index is 13.8. The highest BCUT2D eigenvalue weighted by atomic mass is 19.2. The molecule has 2 aromatic heterocycles. The molecule has 3 N–H and O–H groups in total. The van der Waals surface area contributed by atoms with Crippen molar-refractivity contribution in [3.8, 4) is 11.5 Å². The highest BCUT2D eigenvalue weighted by Gasteiger charge is 2.15. The first-order valence-corrected chi connectivity index (χ1v) is 9.98. The molecular weight excluding hydrogens is 434 g/mol. The maximum atomic E-state index is 13.8. The van der Waals surface area contributed by atoms with Gasteiger partial charge in [-0.05, 0) is 26.0 Å². The lowest BCUT2D eigenvalue weighted by Crippen LogP contribution is -2.19. The van der Waals surface area contributed by atoms with E-state index in [1.165, 1.54) is 41.5 Å². The largest absolute Gasteiger partial charge is 0.508 e. The topological polar surface area (TPSA) is 114 Å². The first-order chi connectivity index (χ1) is 15.8. The number of nitrogens with zero attached hydrogens (tertiary/aromatic N) is 4. The van der Waals surface area contributed by atoms with Gasteiger partial charge >= 0.3 is 0 Å². The lowest BCUT2D eigenvalue weighted by atomic mass is 10.2. The Bertz CT molecular complexity index is 1320. The van der Waals surface area contributed by atoms with Gasteiger partial charge in [-0.25, -0.2) is 18.7 Å². The molecule has 0 spiro atoms. The number of ether oxygens (including phenoxy) is 1. The normalized spacial score (nSPS) is 11.1.